The molecule has 2 atom stereocenters. The molecule has 0 aliphatic carbocycles. The van der Waals surface area contributed by atoms with Crippen LogP contribution in [0.4, 0.5) is 13.2 Å². The van der Waals surface area contributed by atoms with Gasteiger partial charge in [-0.3, -0.25) is 9.59 Å². The third-order valence-corrected chi connectivity index (χ3v) is 11.1. The number of aliphatic carboxylic acids is 1. The normalized spacial score (nSPS) is 18.8. The fourth-order valence-electron chi connectivity index (χ4n) is 3.29. The third kappa shape index (κ3) is 7.55. The molecule has 0 radical (unpaired) electrons. The minimum Gasteiger partial charge on any atom is -0.480 e. The van der Waals surface area contributed by atoms with Crippen molar-refractivity contribution in [2.24, 2.45) is 5.73 Å². The Morgan fingerprint density at radius 1 is 1.11 bits per heavy atom. The highest BCUT2D eigenvalue weighted by Gasteiger charge is 2.50. The van der Waals surface area contributed by atoms with Crippen molar-refractivity contribution in [3.8, 4) is 0 Å². The summed E-state index contributed by atoms with van der Waals surface area (Å²) in [4.78, 5) is 34.8. The molecule has 164 valence electrons. The van der Waals surface area contributed by atoms with Gasteiger partial charge in [-0.05, 0) is 19.8 Å². The highest BCUT2D eigenvalue weighted by atomic mass is 28.4. The zero-order valence-corrected chi connectivity index (χ0v) is 19.6. The summed E-state index contributed by atoms with van der Waals surface area (Å²) < 4.78 is 38.4. The van der Waals surface area contributed by atoms with Gasteiger partial charge in [0.2, 0.25) is 5.91 Å². The molecule has 1 rings (SSSR count). The molecule has 0 bridgehead atoms. The molecule has 0 saturated carbocycles. The van der Waals surface area contributed by atoms with Crippen molar-refractivity contribution < 1.29 is 32.7 Å². The summed E-state index contributed by atoms with van der Waals surface area (Å²) in [5.74, 6) is -2.88. The molecular formula is C16H32F3N3O4Si2. The Labute approximate surface area is 166 Å². The molecule has 3 N–H and O–H groups in total. The Kier molecular flexibility index (Phi) is 8.92. The topological polar surface area (TPSA) is 104 Å². The SMILES string of the molecule is C[C@H](N)C(=O)N1CCC[C@H]1C(=O)O.C[Si](C)(C)N(C(=O)C(F)(F)F)[Si](C)(C)C. The van der Waals surface area contributed by atoms with Gasteiger partial charge in [-0.15, -0.1) is 0 Å². The molecule has 0 spiro atoms. The van der Waals surface area contributed by atoms with Crippen LogP contribution in [-0.2, 0) is 14.4 Å². The molecule has 1 heterocycles. The van der Waals surface area contributed by atoms with Gasteiger partial charge in [-0.1, -0.05) is 39.3 Å². The average molecular weight is 444 g/mol. The van der Waals surface area contributed by atoms with Crippen LogP contribution >= 0.6 is 0 Å². The first-order valence-corrected chi connectivity index (χ1v) is 15.9. The molecule has 0 aromatic heterocycles. The second-order valence-electron chi connectivity index (χ2n) is 8.80. The molecule has 1 aliphatic heterocycles. The van der Waals surface area contributed by atoms with E-state index in [2.05, 4.69) is 0 Å². The summed E-state index contributed by atoms with van der Waals surface area (Å²) in [7, 11) is -4.54. The summed E-state index contributed by atoms with van der Waals surface area (Å²) in [5.41, 5.74) is 5.39. The number of halogens is 3. The minimum absolute atomic E-state index is 0.273. The smallest absolute Gasteiger partial charge is 0.469 e. The van der Waals surface area contributed by atoms with E-state index in [1.807, 2.05) is 0 Å². The molecule has 2 amide bonds. The molecule has 28 heavy (non-hydrogen) atoms. The number of alkyl halides is 3. The van der Waals surface area contributed by atoms with Gasteiger partial charge in [0.25, 0.3) is 0 Å². The predicted molar refractivity (Wildman–Crippen MR) is 106 cm³/mol. The Morgan fingerprint density at radius 2 is 1.54 bits per heavy atom. The lowest BCUT2D eigenvalue weighted by atomic mass is 10.2. The van der Waals surface area contributed by atoms with Gasteiger partial charge in [0.05, 0.1) is 6.04 Å². The Hall–Kier alpha value is -1.41. The number of carboxylic acid groups (broad SMARTS) is 1. The number of carboxylic acids is 1. The first-order chi connectivity index (χ1) is 12.3. The van der Waals surface area contributed by atoms with Crippen molar-refractivity contribution in [2.45, 2.75) is 77.3 Å². The van der Waals surface area contributed by atoms with Crippen LogP contribution in [0.25, 0.3) is 0 Å². The molecule has 7 nitrogen and oxygen atoms in total. The summed E-state index contributed by atoms with van der Waals surface area (Å²) in [6, 6.07) is -1.28. The summed E-state index contributed by atoms with van der Waals surface area (Å²) in [6.45, 7) is 12.6. The Bertz CT molecular complexity index is 573. The lowest BCUT2D eigenvalue weighted by Gasteiger charge is -2.43. The fraction of sp³-hybridized carbons (Fsp3) is 0.812. The van der Waals surface area contributed by atoms with E-state index in [1.165, 1.54) is 4.90 Å². The maximum Gasteiger partial charge on any atom is 0.469 e. The molecule has 1 fully saturated rings. The number of hydrogen-bond donors (Lipinski definition) is 2. The van der Waals surface area contributed by atoms with E-state index in [0.29, 0.717) is 13.0 Å². The van der Waals surface area contributed by atoms with Crippen LogP contribution in [-0.4, -0.2) is 73.3 Å². The molecular weight excluding hydrogens is 411 g/mol. The number of amides is 2. The highest BCUT2D eigenvalue weighted by molar-refractivity contribution is 6.92. The molecule has 0 aromatic carbocycles. The molecule has 12 heteroatoms. The van der Waals surface area contributed by atoms with Crippen molar-refractivity contribution >= 4 is 34.3 Å². The Morgan fingerprint density at radius 3 is 1.79 bits per heavy atom. The number of carbonyl (C=O) groups excluding carboxylic acids is 2. The van der Waals surface area contributed by atoms with E-state index in [9.17, 15) is 27.6 Å². The highest BCUT2D eigenvalue weighted by Crippen LogP contribution is 2.27. The van der Waals surface area contributed by atoms with Gasteiger partial charge in [-0.25, -0.2) is 4.79 Å². The zero-order valence-electron chi connectivity index (χ0n) is 17.6. The summed E-state index contributed by atoms with van der Waals surface area (Å²) in [6.07, 6.45) is -3.47. The molecule has 0 aromatic rings. The standard InChI is InChI=1S/C8H18F3NOSi2.C8H14N2O3/c1-14(2,3)12(15(4,5)6)7(13)8(9,10)11;1-5(9)7(11)10-4-2-3-6(10)8(12)13/h1-6H3;5-6H,2-4,9H2,1H3,(H,12,13)/t;5-,6-/m.0/s1. The number of hydrogen-bond acceptors (Lipinski definition) is 4. The molecule has 1 aliphatic rings. The van der Waals surface area contributed by atoms with E-state index in [-0.39, 0.29) is 5.91 Å². The number of rotatable bonds is 4. The summed E-state index contributed by atoms with van der Waals surface area (Å²) >= 11 is 0. The molecule has 1 saturated heterocycles. The zero-order chi connectivity index (χ0) is 22.7. The van der Waals surface area contributed by atoms with Crippen LogP contribution < -0.4 is 5.73 Å². The van der Waals surface area contributed by atoms with Crippen molar-refractivity contribution in [3.63, 3.8) is 0 Å². The first kappa shape index (κ1) is 26.6. The van der Waals surface area contributed by atoms with Gasteiger partial charge in [0.15, 0.2) is 0 Å². The van der Waals surface area contributed by atoms with Crippen LogP contribution in [0.1, 0.15) is 19.8 Å². The van der Waals surface area contributed by atoms with E-state index in [4.69, 9.17) is 10.8 Å². The van der Waals surface area contributed by atoms with Gasteiger partial charge in [0, 0.05) is 6.54 Å². The van der Waals surface area contributed by atoms with Gasteiger partial charge in [-0.2, -0.15) is 13.2 Å². The predicted octanol–water partition coefficient (Wildman–Crippen LogP) is 2.46. The van der Waals surface area contributed by atoms with Crippen LogP contribution in [0, 0.1) is 0 Å². The lowest BCUT2D eigenvalue weighted by Crippen LogP contribution is -2.64. The Balaban J connectivity index is 0.000000525. The number of carbonyl (C=O) groups is 3. The third-order valence-electron chi connectivity index (χ3n) is 4.00. The number of nitrogens with two attached hydrogens (primary N) is 1. The van der Waals surface area contributed by atoms with Crippen LogP contribution in [0.15, 0.2) is 0 Å². The van der Waals surface area contributed by atoms with Crippen molar-refractivity contribution in [3.05, 3.63) is 0 Å². The second-order valence-corrected chi connectivity index (χ2v) is 18.8. The van der Waals surface area contributed by atoms with Gasteiger partial charge >= 0.3 is 18.1 Å². The van der Waals surface area contributed by atoms with E-state index in [0.717, 1.165) is 10.7 Å². The number of likely N-dealkylation sites (tertiary alicyclic amines) is 1. The fourth-order valence-corrected chi connectivity index (χ4v) is 12.8. The van der Waals surface area contributed by atoms with Crippen LogP contribution in [0.2, 0.25) is 39.3 Å². The van der Waals surface area contributed by atoms with Crippen molar-refractivity contribution in [1.29, 1.82) is 0 Å². The maximum absolute atomic E-state index is 12.4. The largest absolute Gasteiger partial charge is 0.480 e. The number of nitrogens with zero attached hydrogens (tertiary/aromatic N) is 2. The van der Waals surface area contributed by atoms with Crippen molar-refractivity contribution in [2.75, 3.05) is 6.54 Å². The van der Waals surface area contributed by atoms with E-state index >= 15 is 0 Å². The summed E-state index contributed by atoms with van der Waals surface area (Å²) in [5, 5.41) is 8.78. The van der Waals surface area contributed by atoms with E-state index < -0.39 is 46.6 Å². The van der Waals surface area contributed by atoms with Crippen LogP contribution in [0.5, 0.6) is 0 Å². The van der Waals surface area contributed by atoms with Crippen molar-refractivity contribution in [1.82, 2.24) is 9.13 Å². The monoisotopic (exact) mass is 443 g/mol. The van der Waals surface area contributed by atoms with E-state index in [1.54, 1.807) is 46.2 Å². The van der Waals surface area contributed by atoms with Gasteiger partial charge < -0.3 is 20.0 Å². The lowest BCUT2D eigenvalue weighted by molar-refractivity contribution is -0.177. The second kappa shape index (κ2) is 9.39. The first-order valence-electron chi connectivity index (χ1n) is 9.02. The maximum atomic E-state index is 12.4. The van der Waals surface area contributed by atoms with Gasteiger partial charge in [0.1, 0.15) is 22.5 Å². The minimum atomic E-state index is -4.75. The average Bonchev–Trinajstić information content (AvgIpc) is 2.92. The molecule has 0 unspecified atom stereocenters. The quantitative estimate of drug-likeness (QED) is 0.650. The van der Waals surface area contributed by atoms with Crippen LogP contribution in [0.3, 0.4) is 0 Å².